The molecule has 0 saturated carbocycles. The molecule has 0 aliphatic carbocycles. The van der Waals surface area contributed by atoms with Crippen LogP contribution in [0.3, 0.4) is 0 Å². The van der Waals surface area contributed by atoms with Gasteiger partial charge in [-0.25, -0.2) is 8.78 Å². The van der Waals surface area contributed by atoms with E-state index < -0.39 is 0 Å². The maximum absolute atomic E-state index is 13.8. The smallest absolute Gasteiger partial charge is 0.147 e. The van der Waals surface area contributed by atoms with Gasteiger partial charge in [0, 0.05) is 30.2 Å². The predicted molar refractivity (Wildman–Crippen MR) is 58.3 cm³/mol. The number of hydrogen-bond acceptors (Lipinski definition) is 1. The molecule has 0 radical (unpaired) electrons. The number of rotatable bonds is 0. The van der Waals surface area contributed by atoms with Crippen LogP contribution in [0.4, 0.5) is 8.78 Å². The molecule has 0 spiro atoms. The lowest BCUT2D eigenvalue weighted by Crippen LogP contribution is -2.31. The maximum Gasteiger partial charge on any atom is 0.147 e. The molecule has 1 atom stereocenters. The Bertz CT molecular complexity index is 560. The van der Waals surface area contributed by atoms with Crippen molar-refractivity contribution in [3.05, 3.63) is 35.5 Å². The number of nitrogens with one attached hydrogen (secondary N) is 1. The average molecular weight is 222 g/mol. The third-order valence-electron chi connectivity index (χ3n) is 3.16. The number of halogens is 2. The first-order valence-corrected chi connectivity index (χ1v) is 5.37. The zero-order chi connectivity index (χ0) is 11.3. The zero-order valence-electron chi connectivity index (χ0n) is 8.93. The highest BCUT2D eigenvalue weighted by Crippen LogP contribution is 2.30. The first kappa shape index (κ1) is 9.78. The lowest BCUT2D eigenvalue weighted by molar-refractivity contribution is 0.435. The van der Waals surface area contributed by atoms with Gasteiger partial charge in [0.1, 0.15) is 11.6 Å². The van der Waals surface area contributed by atoms with Gasteiger partial charge in [0.25, 0.3) is 0 Å². The fourth-order valence-corrected chi connectivity index (χ4v) is 2.46. The van der Waals surface area contributed by atoms with E-state index in [9.17, 15) is 8.78 Å². The molecule has 1 aliphatic rings. The van der Waals surface area contributed by atoms with Gasteiger partial charge in [-0.1, -0.05) is 0 Å². The summed E-state index contributed by atoms with van der Waals surface area (Å²) >= 11 is 0. The Hall–Kier alpha value is -1.42. The second-order valence-corrected chi connectivity index (χ2v) is 4.28. The van der Waals surface area contributed by atoms with Crippen LogP contribution in [0.2, 0.25) is 0 Å². The van der Waals surface area contributed by atoms with E-state index >= 15 is 0 Å². The number of benzene rings is 1. The normalized spacial score (nSPS) is 20.1. The van der Waals surface area contributed by atoms with Crippen LogP contribution in [-0.4, -0.2) is 11.1 Å². The molecule has 0 amide bonds. The van der Waals surface area contributed by atoms with E-state index in [-0.39, 0.29) is 17.7 Å². The van der Waals surface area contributed by atoms with Gasteiger partial charge >= 0.3 is 0 Å². The molecule has 2 heterocycles. The quantitative estimate of drug-likeness (QED) is 0.725. The summed E-state index contributed by atoms with van der Waals surface area (Å²) in [6, 6.07) is 4.26. The first-order valence-electron chi connectivity index (χ1n) is 5.37. The van der Waals surface area contributed by atoms with Crippen molar-refractivity contribution in [2.75, 3.05) is 6.54 Å². The Balaban J connectivity index is 2.42. The highest BCUT2D eigenvalue weighted by Gasteiger charge is 2.21. The monoisotopic (exact) mass is 222 g/mol. The molecule has 4 heteroatoms. The fraction of sp³-hybridized carbons (Fsp3) is 0.333. The molecule has 0 unspecified atom stereocenters. The average Bonchev–Trinajstić information content (AvgIpc) is 2.65. The van der Waals surface area contributed by atoms with Crippen molar-refractivity contribution in [3.63, 3.8) is 0 Å². The number of aromatic nitrogens is 1. The third-order valence-corrected chi connectivity index (χ3v) is 3.16. The van der Waals surface area contributed by atoms with Crippen LogP contribution in [0.15, 0.2) is 18.2 Å². The third kappa shape index (κ3) is 1.19. The minimum Gasteiger partial charge on any atom is -0.337 e. The molecule has 0 bridgehead atoms. The standard InChI is InChI=1S/C12H12F2N2/c1-7-5-15-6-8-4-9-10(13)2-3-11(14)12(9)16(7)8/h2-4,7,15H,5-6H2,1H3/t7-/m1/s1. The second-order valence-electron chi connectivity index (χ2n) is 4.28. The molecule has 16 heavy (non-hydrogen) atoms. The first-order chi connectivity index (χ1) is 7.68. The molecule has 0 saturated heterocycles. The van der Waals surface area contributed by atoms with Crippen LogP contribution in [0.5, 0.6) is 0 Å². The van der Waals surface area contributed by atoms with Crippen LogP contribution in [0.25, 0.3) is 10.9 Å². The molecule has 1 aromatic carbocycles. The molecule has 3 rings (SSSR count). The van der Waals surface area contributed by atoms with Gasteiger partial charge in [-0.15, -0.1) is 0 Å². The van der Waals surface area contributed by atoms with E-state index in [2.05, 4.69) is 5.32 Å². The topological polar surface area (TPSA) is 17.0 Å². The summed E-state index contributed by atoms with van der Waals surface area (Å²) in [5.74, 6) is -0.707. The Morgan fingerprint density at radius 3 is 2.88 bits per heavy atom. The lowest BCUT2D eigenvalue weighted by atomic mass is 10.2. The molecule has 2 nitrogen and oxygen atoms in total. The van der Waals surface area contributed by atoms with Crippen LogP contribution >= 0.6 is 0 Å². The van der Waals surface area contributed by atoms with Crippen molar-refractivity contribution in [2.45, 2.75) is 19.5 Å². The molecule has 84 valence electrons. The van der Waals surface area contributed by atoms with Gasteiger partial charge in [-0.3, -0.25) is 0 Å². The summed E-state index contributed by atoms with van der Waals surface area (Å²) in [5, 5.41) is 3.60. The highest BCUT2D eigenvalue weighted by atomic mass is 19.1. The lowest BCUT2D eigenvalue weighted by Gasteiger charge is -2.24. The Morgan fingerprint density at radius 2 is 2.06 bits per heavy atom. The fourth-order valence-electron chi connectivity index (χ4n) is 2.46. The summed E-state index contributed by atoms with van der Waals surface area (Å²) < 4.78 is 29.2. The van der Waals surface area contributed by atoms with E-state index in [1.54, 1.807) is 6.07 Å². The van der Waals surface area contributed by atoms with Crippen LogP contribution < -0.4 is 5.32 Å². The second kappa shape index (κ2) is 3.28. The van der Waals surface area contributed by atoms with Gasteiger partial charge < -0.3 is 9.88 Å². The van der Waals surface area contributed by atoms with Crippen LogP contribution in [0, 0.1) is 11.6 Å². The van der Waals surface area contributed by atoms with E-state index in [1.165, 1.54) is 12.1 Å². The Morgan fingerprint density at radius 1 is 1.31 bits per heavy atom. The number of nitrogens with zero attached hydrogens (tertiary/aromatic N) is 1. The minimum absolute atomic E-state index is 0.151. The van der Waals surface area contributed by atoms with Crippen molar-refractivity contribution in [1.29, 1.82) is 0 Å². The van der Waals surface area contributed by atoms with Crippen molar-refractivity contribution in [1.82, 2.24) is 9.88 Å². The Kier molecular flexibility index (Phi) is 2.01. The summed E-state index contributed by atoms with van der Waals surface area (Å²) in [6.45, 7) is 3.45. The summed E-state index contributed by atoms with van der Waals surface area (Å²) in [6.07, 6.45) is 0. The zero-order valence-corrected chi connectivity index (χ0v) is 8.93. The summed E-state index contributed by atoms with van der Waals surface area (Å²) in [7, 11) is 0. The van der Waals surface area contributed by atoms with E-state index in [1.807, 2.05) is 11.5 Å². The van der Waals surface area contributed by atoms with Gasteiger partial charge in [0.2, 0.25) is 0 Å². The largest absolute Gasteiger partial charge is 0.337 e. The molecule has 1 N–H and O–H groups in total. The van der Waals surface area contributed by atoms with Gasteiger partial charge in [0.05, 0.1) is 5.52 Å². The van der Waals surface area contributed by atoms with Gasteiger partial charge in [-0.05, 0) is 25.1 Å². The predicted octanol–water partition coefficient (Wildman–Crippen LogP) is 2.58. The molecule has 1 aromatic heterocycles. The van der Waals surface area contributed by atoms with Crippen molar-refractivity contribution >= 4 is 10.9 Å². The number of fused-ring (bicyclic) bond motifs is 3. The molecule has 2 aromatic rings. The highest BCUT2D eigenvalue weighted by molar-refractivity contribution is 5.83. The van der Waals surface area contributed by atoms with Crippen LogP contribution in [0.1, 0.15) is 18.7 Å². The molecule has 1 aliphatic heterocycles. The van der Waals surface area contributed by atoms with Gasteiger partial charge in [0.15, 0.2) is 0 Å². The summed E-state index contributed by atoms with van der Waals surface area (Å²) in [5.41, 5.74) is 1.33. The van der Waals surface area contributed by atoms with E-state index in [4.69, 9.17) is 0 Å². The maximum atomic E-state index is 13.8. The molecular formula is C12H12F2N2. The number of hydrogen-bond donors (Lipinski definition) is 1. The molecular weight excluding hydrogens is 210 g/mol. The van der Waals surface area contributed by atoms with Crippen molar-refractivity contribution < 1.29 is 8.78 Å². The van der Waals surface area contributed by atoms with Crippen LogP contribution in [-0.2, 0) is 6.54 Å². The van der Waals surface area contributed by atoms with Crippen molar-refractivity contribution in [2.24, 2.45) is 0 Å². The van der Waals surface area contributed by atoms with Crippen molar-refractivity contribution in [3.8, 4) is 0 Å². The van der Waals surface area contributed by atoms with E-state index in [0.29, 0.717) is 17.4 Å². The van der Waals surface area contributed by atoms with Gasteiger partial charge in [-0.2, -0.15) is 0 Å². The van der Waals surface area contributed by atoms with E-state index in [0.717, 1.165) is 12.2 Å². The SMILES string of the molecule is C[C@@H]1CNCc2cc3c(F)ccc(F)c3n21. The molecule has 0 fully saturated rings. The summed E-state index contributed by atoms with van der Waals surface area (Å²) in [4.78, 5) is 0. The minimum atomic E-state index is -0.356. The Labute approximate surface area is 91.9 Å².